The van der Waals surface area contributed by atoms with Crippen LogP contribution in [0.25, 0.3) is 0 Å². The molecule has 5 heteroatoms. The van der Waals surface area contributed by atoms with Crippen molar-refractivity contribution in [1.82, 2.24) is 5.32 Å². The van der Waals surface area contributed by atoms with E-state index < -0.39 is 0 Å². The van der Waals surface area contributed by atoms with Gasteiger partial charge in [0.2, 0.25) is 0 Å². The Bertz CT molecular complexity index is 737. The van der Waals surface area contributed by atoms with Crippen molar-refractivity contribution < 1.29 is 9.59 Å². The van der Waals surface area contributed by atoms with Crippen LogP contribution in [0.15, 0.2) is 48.5 Å². The number of hydrogen-bond acceptors (Lipinski definition) is 2. The second-order valence-electron chi connectivity index (χ2n) is 6.53. The fourth-order valence-corrected chi connectivity index (χ4v) is 2.36. The van der Waals surface area contributed by atoms with E-state index in [2.05, 4.69) is 29.8 Å². The standard InChI is InChI=1S/C20H25N3O2/c1-13(2)15-9-11-16(12-10-15)22-19(24)17-7-5-6-8-18(17)23-20(25)21-14(3)4/h5-14H,1-4H3,(H,22,24)(H2,21,23,25). The summed E-state index contributed by atoms with van der Waals surface area (Å²) in [5.41, 5.74) is 2.81. The van der Waals surface area contributed by atoms with Crippen molar-refractivity contribution in [2.75, 3.05) is 10.6 Å². The first-order valence-electron chi connectivity index (χ1n) is 8.44. The molecule has 25 heavy (non-hydrogen) atoms. The van der Waals surface area contributed by atoms with Crippen LogP contribution in [0.3, 0.4) is 0 Å². The first-order valence-corrected chi connectivity index (χ1v) is 8.44. The van der Waals surface area contributed by atoms with Crippen LogP contribution < -0.4 is 16.0 Å². The van der Waals surface area contributed by atoms with Crippen LogP contribution in [0, 0.1) is 0 Å². The molecule has 0 spiro atoms. The fourth-order valence-electron chi connectivity index (χ4n) is 2.36. The van der Waals surface area contributed by atoms with Crippen LogP contribution in [-0.4, -0.2) is 18.0 Å². The van der Waals surface area contributed by atoms with Gasteiger partial charge in [-0.15, -0.1) is 0 Å². The van der Waals surface area contributed by atoms with Gasteiger partial charge in [0.1, 0.15) is 0 Å². The molecule has 132 valence electrons. The SMILES string of the molecule is CC(C)NC(=O)Nc1ccccc1C(=O)Nc1ccc(C(C)C)cc1. The summed E-state index contributed by atoms with van der Waals surface area (Å²) in [4.78, 5) is 24.5. The molecule has 0 saturated heterocycles. The first kappa shape index (κ1) is 18.5. The predicted octanol–water partition coefficient (Wildman–Crippen LogP) is 4.59. The van der Waals surface area contributed by atoms with E-state index in [1.807, 2.05) is 38.1 Å². The zero-order valence-corrected chi connectivity index (χ0v) is 15.1. The summed E-state index contributed by atoms with van der Waals surface area (Å²) in [6.45, 7) is 7.99. The van der Waals surface area contributed by atoms with Crippen molar-refractivity contribution in [3.8, 4) is 0 Å². The lowest BCUT2D eigenvalue weighted by atomic mass is 10.0. The molecule has 0 aromatic heterocycles. The maximum atomic E-state index is 12.6. The van der Waals surface area contributed by atoms with E-state index >= 15 is 0 Å². The van der Waals surface area contributed by atoms with Crippen LogP contribution in [-0.2, 0) is 0 Å². The average Bonchev–Trinajstić information content (AvgIpc) is 2.55. The van der Waals surface area contributed by atoms with Gasteiger partial charge in [-0.2, -0.15) is 0 Å². The molecule has 2 rings (SSSR count). The van der Waals surface area contributed by atoms with Crippen molar-refractivity contribution in [1.29, 1.82) is 0 Å². The lowest BCUT2D eigenvalue weighted by Gasteiger charge is -2.14. The van der Waals surface area contributed by atoms with Gasteiger partial charge in [-0.3, -0.25) is 4.79 Å². The predicted molar refractivity (Wildman–Crippen MR) is 102 cm³/mol. The van der Waals surface area contributed by atoms with Crippen molar-refractivity contribution in [2.45, 2.75) is 39.7 Å². The largest absolute Gasteiger partial charge is 0.336 e. The highest BCUT2D eigenvalue weighted by atomic mass is 16.2. The van der Waals surface area contributed by atoms with Gasteiger partial charge in [-0.05, 0) is 49.6 Å². The Balaban J connectivity index is 2.12. The van der Waals surface area contributed by atoms with Gasteiger partial charge in [0.05, 0.1) is 11.3 Å². The Labute approximate surface area is 148 Å². The van der Waals surface area contributed by atoms with Gasteiger partial charge in [0.15, 0.2) is 0 Å². The molecule has 0 atom stereocenters. The van der Waals surface area contributed by atoms with Gasteiger partial charge in [-0.25, -0.2) is 4.79 Å². The number of nitrogens with one attached hydrogen (secondary N) is 3. The highest BCUT2D eigenvalue weighted by Crippen LogP contribution is 2.20. The van der Waals surface area contributed by atoms with E-state index in [1.165, 1.54) is 5.56 Å². The molecule has 0 aliphatic carbocycles. The van der Waals surface area contributed by atoms with Gasteiger partial charge >= 0.3 is 6.03 Å². The summed E-state index contributed by atoms with van der Waals surface area (Å²) in [5.74, 6) is 0.173. The van der Waals surface area contributed by atoms with Crippen molar-refractivity contribution in [3.05, 3.63) is 59.7 Å². The third-order valence-corrected chi connectivity index (χ3v) is 3.67. The third kappa shape index (κ3) is 5.35. The molecule has 2 aromatic carbocycles. The van der Waals surface area contributed by atoms with Crippen molar-refractivity contribution >= 4 is 23.3 Å². The van der Waals surface area contributed by atoms with E-state index in [0.29, 0.717) is 17.2 Å². The number of urea groups is 1. The van der Waals surface area contributed by atoms with Crippen LogP contribution in [0.1, 0.15) is 49.5 Å². The first-order chi connectivity index (χ1) is 11.9. The molecule has 0 unspecified atom stereocenters. The summed E-state index contributed by atoms with van der Waals surface area (Å²) >= 11 is 0. The maximum absolute atomic E-state index is 12.6. The molecular formula is C20H25N3O2. The molecule has 0 saturated carbocycles. The number of carbonyl (C=O) groups excluding carboxylic acids is 2. The van der Waals surface area contributed by atoms with E-state index in [9.17, 15) is 9.59 Å². The summed E-state index contributed by atoms with van der Waals surface area (Å²) in [6, 6.07) is 14.4. The summed E-state index contributed by atoms with van der Waals surface area (Å²) < 4.78 is 0. The van der Waals surface area contributed by atoms with E-state index in [-0.39, 0.29) is 18.0 Å². The molecule has 3 amide bonds. The molecule has 5 nitrogen and oxygen atoms in total. The zero-order chi connectivity index (χ0) is 18.4. The molecule has 2 aromatic rings. The number of anilines is 2. The van der Waals surface area contributed by atoms with Crippen LogP contribution >= 0.6 is 0 Å². The summed E-state index contributed by atoms with van der Waals surface area (Å²) in [6.07, 6.45) is 0. The van der Waals surface area contributed by atoms with Gasteiger partial charge in [-0.1, -0.05) is 38.1 Å². The molecule has 0 aliphatic heterocycles. The minimum Gasteiger partial charge on any atom is -0.336 e. The van der Waals surface area contributed by atoms with Crippen molar-refractivity contribution in [2.24, 2.45) is 0 Å². The fraction of sp³-hybridized carbons (Fsp3) is 0.300. The average molecular weight is 339 g/mol. The van der Waals surface area contributed by atoms with Crippen LogP contribution in [0.4, 0.5) is 16.2 Å². The summed E-state index contributed by atoms with van der Waals surface area (Å²) in [5, 5.41) is 8.33. The minimum absolute atomic E-state index is 0.0143. The van der Waals surface area contributed by atoms with E-state index in [0.717, 1.165) is 5.69 Å². The topological polar surface area (TPSA) is 70.2 Å². The smallest absolute Gasteiger partial charge is 0.319 e. The Morgan fingerprint density at radius 3 is 2.08 bits per heavy atom. The quantitative estimate of drug-likeness (QED) is 0.745. The van der Waals surface area contributed by atoms with E-state index in [1.54, 1.807) is 24.3 Å². The normalized spacial score (nSPS) is 10.6. The summed E-state index contributed by atoms with van der Waals surface area (Å²) in [7, 11) is 0. The maximum Gasteiger partial charge on any atom is 0.319 e. The van der Waals surface area contributed by atoms with Crippen LogP contribution in [0.2, 0.25) is 0 Å². The lowest BCUT2D eigenvalue weighted by Crippen LogP contribution is -2.34. The number of para-hydroxylation sites is 1. The zero-order valence-electron chi connectivity index (χ0n) is 15.1. The molecule has 0 heterocycles. The molecule has 3 N–H and O–H groups in total. The number of benzene rings is 2. The molecule has 0 bridgehead atoms. The Hall–Kier alpha value is -2.82. The van der Waals surface area contributed by atoms with Gasteiger partial charge in [0.25, 0.3) is 5.91 Å². The van der Waals surface area contributed by atoms with Gasteiger partial charge < -0.3 is 16.0 Å². The number of hydrogen-bond donors (Lipinski definition) is 3. The third-order valence-electron chi connectivity index (χ3n) is 3.67. The number of rotatable bonds is 5. The Kier molecular flexibility index (Phi) is 6.17. The molecular weight excluding hydrogens is 314 g/mol. The Morgan fingerprint density at radius 2 is 1.48 bits per heavy atom. The van der Waals surface area contributed by atoms with Crippen molar-refractivity contribution in [3.63, 3.8) is 0 Å². The van der Waals surface area contributed by atoms with Crippen LogP contribution in [0.5, 0.6) is 0 Å². The monoisotopic (exact) mass is 339 g/mol. The highest BCUT2D eigenvalue weighted by Gasteiger charge is 2.13. The number of amides is 3. The lowest BCUT2D eigenvalue weighted by molar-refractivity contribution is 0.102. The molecule has 0 radical (unpaired) electrons. The Morgan fingerprint density at radius 1 is 0.840 bits per heavy atom. The second-order valence-corrected chi connectivity index (χ2v) is 6.53. The minimum atomic E-state index is -0.337. The van der Waals surface area contributed by atoms with Gasteiger partial charge in [0, 0.05) is 11.7 Å². The van der Waals surface area contributed by atoms with E-state index in [4.69, 9.17) is 0 Å². The second kappa shape index (κ2) is 8.33. The number of carbonyl (C=O) groups is 2. The molecule has 0 aliphatic rings. The molecule has 0 fully saturated rings. The highest BCUT2D eigenvalue weighted by molar-refractivity contribution is 6.09.